The van der Waals surface area contributed by atoms with Gasteiger partial charge in [-0.3, -0.25) is 4.79 Å². The van der Waals surface area contributed by atoms with Crippen LogP contribution in [-0.4, -0.2) is 29.0 Å². The number of carbonyl (C=O) groups excluding carboxylic acids is 1. The van der Waals surface area contributed by atoms with Crippen molar-refractivity contribution in [2.75, 3.05) is 7.05 Å². The smallest absolute Gasteiger partial charge is 0.253 e. The van der Waals surface area contributed by atoms with Crippen LogP contribution in [-0.2, 0) is 0 Å². The maximum absolute atomic E-state index is 12.2. The van der Waals surface area contributed by atoms with Crippen LogP contribution in [0.5, 0.6) is 5.75 Å². The highest BCUT2D eigenvalue weighted by Gasteiger charge is 2.32. The average molecular weight is 345 g/mol. The summed E-state index contributed by atoms with van der Waals surface area (Å²) in [5.41, 5.74) is 0.554. The number of halogens is 1. The highest BCUT2D eigenvalue weighted by Crippen LogP contribution is 2.35. The highest BCUT2D eigenvalue weighted by molar-refractivity contribution is 14.1. The number of amides is 1. The monoisotopic (exact) mass is 345 g/mol. The summed E-state index contributed by atoms with van der Waals surface area (Å²) < 4.78 is 0.761. The van der Waals surface area contributed by atoms with Gasteiger partial charge in [0.2, 0.25) is 0 Å². The largest absolute Gasteiger partial charge is 0.507 e. The molecule has 1 amide bonds. The van der Waals surface area contributed by atoms with E-state index in [1.807, 2.05) is 29.6 Å². The van der Waals surface area contributed by atoms with E-state index in [1.165, 1.54) is 12.8 Å². The van der Waals surface area contributed by atoms with Gasteiger partial charge in [0.25, 0.3) is 5.91 Å². The van der Waals surface area contributed by atoms with Gasteiger partial charge in [0.1, 0.15) is 5.75 Å². The Morgan fingerprint density at radius 2 is 2.18 bits per heavy atom. The fraction of sp³-hybridized carbons (Fsp3) is 0.462. The molecule has 1 saturated carbocycles. The van der Waals surface area contributed by atoms with Gasteiger partial charge in [-0.2, -0.15) is 0 Å². The Bertz CT molecular complexity index is 443. The van der Waals surface area contributed by atoms with Crippen LogP contribution < -0.4 is 0 Å². The van der Waals surface area contributed by atoms with Gasteiger partial charge in [0.15, 0.2) is 0 Å². The van der Waals surface area contributed by atoms with E-state index in [4.69, 9.17) is 0 Å². The third-order valence-electron chi connectivity index (χ3n) is 3.43. The molecule has 3 nitrogen and oxygen atoms in total. The van der Waals surface area contributed by atoms with E-state index in [0.717, 1.165) is 3.57 Å². The number of phenolic OH excluding ortho intramolecular Hbond substituents is 1. The van der Waals surface area contributed by atoms with Gasteiger partial charge in [0, 0.05) is 18.7 Å². The van der Waals surface area contributed by atoms with Crippen LogP contribution >= 0.6 is 22.6 Å². The summed E-state index contributed by atoms with van der Waals surface area (Å²) in [5.74, 6) is 0.807. The van der Waals surface area contributed by atoms with E-state index in [9.17, 15) is 9.90 Å². The van der Waals surface area contributed by atoms with Gasteiger partial charge in [-0.15, -0.1) is 0 Å². The Kier molecular flexibility index (Phi) is 3.61. The van der Waals surface area contributed by atoms with E-state index in [1.54, 1.807) is 23.1 Å². The van der Waals surface area contributed by atoms with Crippen LogP contribution in [0.3, 0.4) is 0 Å². The zero-order valence-corrected chi connectivity index (χ0v) is 12.1. The Labute approximate surface area is 115 Å². The third-order valence-corrected chi connectivity index (χ3v) is 4.34. The second kappa shape index (κ2) is 4.84. The van der Waals surface area contributed by atoms with Gasteiger partial charge in [-0.05, 0) is 66.5 Å². The first-order valence-electron chi connectivity index (χ1n) is 5.76. The van der Waals surface area contributed by atoms with Gasteiger partial charge >= 0.3 is 0 Å². The lowest BCUT2D eigenvalue weighted by Gasteiger charge is -2.25. The third kappa shape index (κ3) is 2.73. The van der Waals surface area contributed by atoms with Crippen molar-refractivity contribution in [3.05, 3.63) is 27.3 Å². The first kappa shape index (κ1) is 12.7. The minimum Gasteiger partial charge on any atom is -0.507 e. The van der Waals surface area contributed by atoms with Crippen molar-refractivity contribution in [3.63, 3.8) is 0 Å². The maximum atomic E-state index is 12.2. The topological polar surface area (TPSA) is 40.5 Å². The predicted octanol–water partition coefficient (Wildman–Crippen LogP) is 2.87. The van der Waals surface area contributed by atoms with Gasteiger partial charge in [-0.25, -0.2) is 0 Å². The maximum Gasteiger partial charge on any atom is 0.253 e. The summed E-state index contributed by atoms with van der Waals surface area (Å²) in [5, 5.41) is 9.61. The molecule has 0 bridgehead atoms. The number of carbonyl (C=O) groups is 1. The lowest BCUT2D eigenvalue weighted by molar-refractivity contribution is 0.0727. The summed E-state index contributed by atoms with van der Waals surface area (Å²) in [6.07, 6.45) is 2.44. The molecular weight excluding hydrogens is 329 g/mol. The summed E-state index contributed by atoms with van der Waals surface area (Å²) in [6.45, 7) is 2.09. The van der Waals surface area contributed by atoms with E-state index in [2.05, 4.69) is 6.92 Å². The minimum atomic E-state index is -0.0175. The Morgan fingerprint density at radius 1 is 1.53 bits per heavy atom. The lowest BCUT2D eigenvalue weighted by atomic mass is 10.1. The molecule has 0 saturated heterocycles. The summed E-state index contributed by atoms with van der Waals surface area (Å²) >= 11 is 2.04. The molecule has 1 aliphatic carbocycles. The molecule has 17 heavy (non-hydrogen) atoms. The molecule has 4 heteroatoms. The minimum absolute atomic E-state index is 0.0175. The van der Waals surface area contributed by atoms with Crippen molar-refractivity contribution in [2.24, 2.45) is 5.92 Å². The Morgan fingerprint density at radius 3 is 2.71 bits per heavy atom. The molecule has 1 aliphatic rings. The van der Waals surface area contributed by atoms with E-state index in [-0.39, 0.29) is 17.7 Å². The van der Waals surface area contributed by atoms with Crippen LogP contribution in [0.1, 0.15) is 30.1 Å². The number of phenols is 1. The second-order valence-electron chi connectivity index (χ2n) is 4.66. The molecule has 1 N–H and O–H groups in total. The standard InChI is InChI=1S/C13H16INO2/c1-8(9-3-4-9)15(2)13(17)10-5-6-11(14)12(16)7-10/h5-9,16H,3-4H2,1-2H3. The molecule has 0 radical (unpaired) electrons. The SMILES string of the molecule is CC(C1CC1)N(C)C(=O)c1ccc(I)c(O)c1. The van der Waals surface area contributed by atoms with E-state index >= 15 is 0 Å². The van der Waals surface area contributed by atoms with Crippen molar-refractivity contribution < 1.29 is 9.90 Å². The van der Waals surface area contributed by atoms with Crippen LogP contribution in [0.4, 0.5) is 0 Å². The van der Waals surface area contributed by atoms with Crippen LogP contribution in [0.15, 0.2) is 18.2 Å². The Balaban J connectivity index is 2.15. The molecule has 2 rings (SSSR count). The molecule has 92 valence electrons. The van der Waals surface area contributed by atoms with E-state index < -0.39 is 0 Å². The fourth-order valence-corrected chi connectivity index (χ4v) is 2.26. The zero-order valence-electron chi connectivity index (χ0n) is 9.98. The number of hydrogen-bond donors (Lipinski definition) is 1. The quantitative estimate of drug-likeness (QED) is 0.856. The molecule has 0 heterocycles. The molecule has 1 atom stereocenters. The van der Waals surface area contributed by atoms with Gasteiger partial charge in [0.05, 0.1) is 3.57 Å². The normalized spacial score (nSPS) is 16.6. The number of aromatic hydroxyl groups is 1. The molecule has 0 aliphatic heterocycles. The average Bonchev–Trinajstić information content (AvgIpc) is 3.14. The van der Waals surface area contributed by atoms with Gasteiger partial charge in [-0.1, -0.05) is 0 Å². The zero-order chi connectivity index (χ0) is 12.6. The van der Waals surface area contributed by atoms with E-state index in [0.29, 0.717) is 11.5 Å². The molecule has 1 unspecified atom stereocenters. The summed E-state index contributed by atoms with van der Waals surface area (Å²) in [4.78, 5) is 14.0. The Hall–Kier alpha value is -0.780. The first-order valence-corrected chi connectivity index (χ1v) is 6.84. The van der Waals surface area contributed by atoms with Crippen molar-refractivity contribution in [1.82, 2.24) is 4.90 Å². The number of benzene rings is 1. The van der Waals surface area contributed by atoms with Crippen molar-refractivity contribution in [1.29, 1.82) is 0 Å². The summed E-state index contributed by atoms with van der Waals surface area (Å²) in [7, 11) is 1.83. The fourth-order valence-electron chi connectivity index (χ4n) is 1.93. The van der Waals surface area contributed by atoms with Gasteiger partial charge < -0.3 is 10.0 Å². The lowest BCUT2D eigenvalue weighted by Crippen LogP contribution is -2.36. The molecule has 1 aromatic rings. The van der Waals surface area contributed by atoms with Crippen LogP contribution in [0.2, 0.25) is 0 Å². The first-order chi connectivity index (χ1) is 8.00. The molecular formula is C13H16INO2. The molecule has 1 aromatic carbocycles. The molecule has 1 fully saturated rings. The second-order valence-corrected chi connectivity index (χ2v) is 5.82. The van der Waals surface area contributed by atoms with Crippen LogP contribution in [0.25, 0.3) is 0 Å². The molecule has 0 spiro atoms. The van der Waals surface area contributed by atoms with Crippen LogP contribution in [0, 0.1) is 9.49 Å². The molecule has 0 aromatic heterocycles. The number of rotatable bonds is 3. The number of hydrogen-bond acceptors (Lipinski definition) is 2. The van der Waals surface area contributed by atoms with Crippen molar-refractivity contribution in [2.45, 2.75) is 25.8 Å². The predicted molar refractivity (Wildman–Crippen MR) is 75.1 cm³/mol. The highest BCUT2D eigenvalue weighted by atomic mass is 127. The summed E-state index contributed by atoms with van der Waals surface area (Å²) in [6, 6.07) is 5.35. The number of nitrogens with zero attached hydrogens (tertiary/aromatic N) is 1. The van der Waals surface area contributed by atoms with Crippen molar-refractivity contribution >= 4 is 28.5 Å². The van der Waals surface area contributed by atoms with Crippen molar-refractivity contribution in [3.8, 4) is 5.75 Å².